The minimum atomic E-state index is -0.0743. The molecular formula is C19H24ClN3O2. The Morgan fingerprint density at radius 3 is 2.36 bits per heavy atom. The average Bonchev–Trinajstić information content (AvgIpc) is 3.41. The first-order valence-corrected chi connectivity index (χ1v) is 9.64. The number of nitrogens with one attached hydrogen (secondary N) is 2. The van der Waals surface area contributed by atoms with E-state index >= 15 is 0 Å². The van der Waals surface area contributed by atoms with E-state index in [1.807, 2.05) is 23.1 Å². The van der Waals surface area contributed by atoms with Crippen LogP contribution in [0.3, 0.4) is 0 Å². The number of hydrogen-bond donors (Lipinski definition) is 2. The highest BCUT2D eigenvalue weighted by Gasteiger charge is 2.42. The van der Waals surface area contributed by atoms with Crippen LogP contribution in [0.2, 0.25) is 5.02 Å². The molecule has 25 heavy (non-hydrogen) atoms. The van der Waals surface area contributed by atoms with E-state index in [-0.39, 0.29) is 36.0 Å². The fraction of sp³-hybridized carbons (Fsp3) is 0.579. The van der Waals surface area contributed by atoms with Crippen molar-refractivity contribution in [1.29, 1.82) is 0 Å². The van der Waals surface area contributed by atoms with Gasteiger partial charge in [-0.2, -0.15) is 0 Å². The maximum atomic E-state index is 12.8. The van der Waals surface area contributed by atoms with Gasteiger partial charge >= 0.3 is 6.03 Å². The van der Waals surface area contributed by atoms with Gasteiger partial charge in [0.15, 0.2) is 0 Å². The lowest BCUT2D eigenvalue weighted by molar-refractivity contribution is -0.123. The summed E-state index contributed by atoms with van der Waals surface area (Å²) in [5.41, 5.74) is 0.649. The summed E-state index contributed by atoms with van der Waals surface area (Å²) in [7, 11) is 0. The van der Waals surface area contributed by atoms with Crippen LogP contribution in [0.4, 0.5) is 10.5 Å². The minimum absolute atomic E-state index is 0.0743. The molecule has 0 radical (unpaired) electrons. The third-order valence-electron chi connectivity index (χ3n) is 5.62. The molecular weight excluding hydrogens is 338 g/mol. The summed E-state index contributed by atoms with van der Waals surface area (Å²) in [5.74, 6) is 0.443. The molecule has 1 aliphatic carbocycles. The molecule has 0 spiro atoms. The Kier molecular flexibility index (Phi) is 4.59. The van der Waals surface area contributed by atoms with Crippen LogP contribution in [0.25, 0.3) is 0 Å². The summed E-state index contributed by atoms with van der Waals surface area (Å²) in [6.45, 7) is 0. The first-order chi connectivity index (χ1) is 12.1. The number of hydrogen-bond acceptors (Lipinski definition) is 2. The van der Waals surface area contributed by atoms with E-state index in [9.17, 15) is 9.59 Å². The van der Waals surface area contributed by atoms with Crippen LogP contribution < -0.4 is 10.6 Å². The number of piperidine rings is 2. The molecule has 3 amide bonds. The number of amides is 3. The molecule has 0 aromatic heterocycles. The number of rotatable bonds is 3. The standard InChI is InChI=1S/C19H24ClN3O2/c20-16-6-1-2-7-17(16)22-19(25)23-14-4-3-5-15(23)11-13(10-14)21-18(24)12-8-9-12/h1-2,6-7,12-15H,3-5,8-11H2,(H,21,24)(H,22,25)/t14-,15-/m1/s1. The van der Waals surface area contributed by atoms with Gasteiger partial charge in [-0.1, -0.05) is 23.7 Å². The number of halogens is 1. The van der Waals surface area contributed by atoms with Crippen LogP contribution >= 0.6 is 11.6 Å². The quantitative estimate of drug-likeness (QED) is 0.860. The zero-order valence-corrected chi connectivity index (χ0v) is 15.0. The van der Waals surface area contributed by atoms with Gasteiger partial charge in [0, 0.05) is 24.0 Å². The summed E-state index contributed by atoms with van der Waals surface area (Å²) in [6, 6.07) is 7.82. The highest BCUT2D eigenvalue weighted by Crippen LogP contribution is 2.36. The average molecular weight is 362 g/mol. The molecule has 4 rings (SSSR count). The smallest absolute Gasteiger partial charge is 0.322 e. The van der Waals surface area contributed by atoms with E-state index in [1.54, 1.807) is 6.07 Å². The first kappa shape index (κ1) is 16.7. The molecule has 2 saturated heterocycles. The summed E-state index contributed by atoms with van der Waals surface area (Å²) < 4.78 is 0. The second-order valence-electron chi connectivity index (χ2n) is 7.51. The Balaban J connectivity index is 1.43. The van der Waals surface area contributed by atoms with Crippen molar-refractivity contribution in [3.63, 3.8) is 0 Å². The van der Waals surface area contributed by atoms with E-state index in [0.717, 1.165) is 44.9 Å². The van der Waals surface area contributed by atoms with Gasteiger partial charge in [0.1, 0.15) is 0 Å². The molecule has 0 unspecified atom stereocenters. The monoisotopic (exact) mass is 361 g/mol. The van der Waals surface area contributed by atoms with E-state index < -0.39 is 0 Å². The van der Waals surface area contributed by atoms with Crippen molar-refractivity contribution >= 4 is 29.2 Å². The second-order valence-corrected chi connectivity index (χ2v) is 7.91. The molecule has 1 aromatic rings. The van der Waals surface area contributed by atoms with Crippen molar-refractivity contribution in [3.8, 4) is 0 Å². The number of carbonyl (C=O) groups excluding carboxylic acids is 2. The molecule has 3 fully saturated rings. The first-order valence-electron chi connectivity index (χ1n) is 9.26. The van der Waals surface area contributed by atoms with Crippen LogP contribution in [0, 0.1) is 5.92 Å². The van der Waals surface area contributed by atoms with Crippen molar-refractivity contribution in [2.45, 2.75) is 63.1 Å². The fourth-order valence-corrected chi connectivity index (χ4v) is 4.42. The summed E-state index contributed by atoms with van der Waals surface area (Å²) >= 11 is 6.16. The molecule has 2 N–H and O–H groups in total. The van der Waals surface area contributed by atoms with Crippen LogP contribution in [0.1, 0.15) is 44.9 Å². The Morgan fingerprint density at radius 1 is 1.04 bits per heavy atom. The van der Waals surface area contributed by atoms with E-state index in [4.69, 9.17) is 11.6 Å². The van der Waals surface area contributed by atoms with Gasteiger partial charge in [-0.15, -0.1) is 0 Å². The van der Waals surface area contributed by atoms with Crippen molar-refractivity contribution < 1.29 is 9.59 Å². The minimum Gasteiger partial charge on any atom is -0.353 e. The molecule has 1 aromatic carbocycles. The van der Waals surface area contributed by atoms with Crippen molar-refractivity contribution in [2.24, 2.45) is 5.92 Å². The number of carbonyl (C=O) groups is 2. The highest BCUT2D eigenvalue weighted by atomic mass is 35.5. The molecule has 134 valence electrons. The van der Waals surface area contributed by atoms with Crippen molar-refractivity contribution in [3.05, 3.63) is 29.3 Å². The Hall–Kier alpha value is -1.75. The number of anilines is 1. The fourth-order valence-electron chi connectivity index (χ4n) is 4.24. The maximum Gasteiger partial charge on any atom is 0.322 e. The van der Waals surface area contributed by atoms with Gasteiger partial charge in [-0.05, 0) is 57.1 Å². The molecule has 1 saturated carbocycles. The third kappa shape index (κ3) is 3.61. The summed E-state index contributed by atoms with van der Waals surface area (Å²) in [6.07, 6.45) is 6.91. The number of urea groups is 1. The molecule has 6 heteroatoms. The topological polar surface area (TPSA) is 61.4 Å². The molecule has 2 bridgehead atoms. The van der Waals surface area contributed by atoms with Gasteiger partial charge in [-0.25, -0.2) is 4.79 Å². The van der Waals surface area contributed by atoms with Gasteiger partial charge < -0.3 is 15.5 Å². The largest absolute Gasteiger partial charge is 0.353 e. The summed E-state index contributed by atoms with van der Waals surface area (Å²) in [5, 5.41) is 6.72. The van der Waals surface area contributed by atoms with Crippen molar-refractivity contribution in [1.82, 2.24) is 10.2 Å². The zero-order valence-electron chi connectivity index (χ0n) is 14.2. The van der Waals surface area contributed by atoms with Crippen LogP contribution in [0.5, 0.6) is 0 Å². The van der Waals surface area contributed by atoms with Crippen molar-refractivity contribution in [2.75, 3.05) is 5.32 Å². The van der Waals surface area contributed by atoms with Gasteiger partial charge in [0.2, 0.25) is 5.91 Å². The molecule has 2 atom stereocenters. The number of fused-ring (bicyclic) bond motifs is 2. The number of benzene rings is 1. The Labute approximate surface area is 153 Å². The predicted octanol–water partition coefficient (Wildman–Crippen LogP) is 3.78. The second kappa shape index (κ2) is 6.87. The Bertz CT molecular complexity index is 662. The molecule has 5 nitrogen and oxygen atoms in total. The molecule has 2 aliphatic heterocycles. The normalized spacial score (nSPS) is 28.4. The van der Waals surface area contributed by atoms with E-state index in [1.165, 1.54) is 0 Å². The number of nitrogens with zero attached hydrogens (tertiary/aromatic N) is 1. The van der Waals surface area contributed by atoms with E-state index in [2.05, 4.69) is 10.6 Å². The van der Waals surface area contributed by atoms with Gasteiger partial charge in [0.05, 0.1) is 10.7 Å². The predicted molar refractivity (Wildman–Crippen MR) is 97.6 cm³/mol. The third-order valence-corrected chi connectivity index (χ3v) is 5.95. The molecule has 3 aliphatic rings. The zero-order chi connectivity index (χ0) is 17.4. The lowest BCUT2D eigenvalue weighted by Crippen LogP contribution is -2.59. The molecule has 2 heterocycles. The highest BCUT2D eigenvalue weighted by molar-refractivity contribution is 6.33. The van der Waals surface area contributed by atoms with Gasteiger partial charge in [0.25, 0.3) is 0 Å². The van der Waals surface area contributed by atoms with Gasteiger partial charge in [-0.3, -0.25) is 4.79 Å². The maximum absolute atomic E-state index is 12.8. The lowest BCUT2D eigenvalue weighted by Gasteiger charge is -2.48. The van der Waals surface area contributed by atoms with E-state index in [0.29, 0.717) is 10.7 Å². The lowest BCUT2D eigenvalue weighted by atomic mass is 9.82. The SMILES string of the molecule is O=C(NC1C[C@H]2CCC[C@H](C1)N2C(=O)Nc1ccccc1Cl)C1CC1. The Morgan fingerprint density at radius 2 is 1.72 bits per heavy atom. The van der Waals surface area contributed by atoms with Crippen LogP contribution in [0.15, 0.2) is 24.3 Å². The van der Waals surface area contributed by atoms with Crippen LogP contribution in [-0.4, -0.2) is 35.0 Å². The number of para-hydroxylation sites is 1. The van der Waals surface area contributed by atoms with Crippen LogP contribution in [-0.2, 0) is 4.79 Å². The summed E-state index contributed by atoms with van der Waals surface area (Å²) in [4.78, 5) is 26.9.